The maximum atomic E-state index is 12.5. The number of esters is 1. The summed E-state index contributed by atoms with van der Waals surface area (Å²) in [5, 5.41) is 0.675. The van der Waals surface area contributed by atoms with Crippen LogP contribution in [0.2, 0.25) is 0 Å². The lowest BCUT2D eigenvalue weighted by Crippen LogP contribution is -2.35. The van der Waals surface area contributed by atoms with Crippen molar-refractivity contribution < 1.29 is 14.3 Å². The summed E-state index contributed by atoms with van der Waals surface area (Å²) in [6.45, 7) is 5.87. The third-order valence-electron chi connectivity index (χ3n) is 5.09. The van der Waals surface area contributed by atoms with Gasteiger partial charge in [0.2, 0.25) is 0 Å². The molecule has 0 N–H and O–H groups in total. The molecule has 0 atom stereocenters. The minimum atomic E-state index is -0.278. The molecule has 1 fully saturated rings. The molecule has 2 aromatic carbocycles. The molecule has 0 radical (unpaired) electrons. The molecular formula is C23H24N2O4. The van der Waals surface area contributed by atoms with E-state index in [1.807, 2.05) is 28.8 Å². The average molecular weight is 392 g/mol. The second-order valence-electron chi connectivity index (χ2n) is 7.11. The fraction of sp³-hybridized carbons (Fsp3) is 0.304. The van der Waals surface area contributed by atoms with Gasteiger partial charge in [-0.1, -0.05) is 19.1 Å². The lowest BCUT2D eigenvalue weighted by atomic mass is 10.1. The maximum absolute atomic E-state index is 12.5. The Balaban J connectivity index is 1.69. The van der Waals surface area contributed by atoms with Crippen LogP contribution in [0.4, 0.5) is 0 Å². The molecule has 0 aliphatic carbocycles. The van der Waals surface area contributed by atoms with Crippen molar-refractivity contribution in [1.29, 1.82) is 0 Å². The number of hydrogen-bond acceptors (Lipinski definition) is 5. The van der Waals surface area contributed by atoms with Crippen LogP contribution >= 0.6 is 0 Å². The van der Waals surface area contributed by atoms with Crippen molar-refractivity contribution in [2.45, 2.75) is 19.9 Å². The first-order valence-electron chi connectivity index (χ1n) is 9.89. The van der Waals surface area contributed by atoms with E-state index in [1.54, 1.807) is 31.3 Å². The third kappa shape index (κ3) is 4.39. The first-order valence-corrected chi connectivity index (χ1v) is 9.89. The quantitative estimate of drug-likeness (QED) is 0.493. The molecule has 0 unspecified atom stereocenters. The first-order chi connectivity index (χ1) is 14.1. The SMILES string of the molecule is CCC(=O)Oc1cccc(-n2ccc(=O)c3cc(CN4CCOCC4)ccc32)c1. The van der Waals surface area contributed by atoms with Gasteiger partial charge >= 0.3 is 5.97 Å². The van der Waals surface area contributed by atoms with Crippen LogP contribution in [-0.2, 0) is 16.1 Å². The first kappa shape index (κ1) is 19.4. The van der Waals surface area contributed by atoms with Gasteiger partial charge in [0.1, 0.15) is 5.75 Å². The molecule has 150 valence electrons. The predicted octanol–water partition coefficient (Wildman–Crippen LogP) is 3.14. The summed E-state index contributed by atoms with van der Waals surface area (Å²) in [6, 6.07) is 14.9. The van der Waals surface area contributed by atoms with E-state index in [1.165, 1.54) is 0 Å². The van der Waals surface area contributed by atoms with Gasteiger partial charge in [0.25, 0.3) is 0 Å². The lowest BCUT2D eigenvalue weighted by Gasteiger charge is -2.26. The number of ether oxygens (including phenoxy) is 2. The Morgan fingerprint density at radius 3 is 2.72 bits per heavy atom. The topological polar surface area (TPSA) is 60.8 Å². The number of rotatable bonds is 5. The molecule has 1 saturated heterocycles. The zero-order chi connectivity index (χ0) is 20.2. The van der Waals surface area contributed by atoms with Crippen molar-refractivity contribution in [2.75, 3.05) is 26.3 Å². The van der Waals surface area contributed by atoms with Crippen molar-refractivity contribution in [2.24, 2.45) is 0 Å². The van der Waals surface area contributed by atoms with Crippen molar-refractivity contribution in [1.82, 2.24) is 9.47 Å². The number of morpholine rings is 1. The zero-order valence-electron chi connectivity index (χ0n) is 16.5. The summed E-state index contributed by atoms with van der Waals surface area (Å²) in [7, 11) is 0. The standard InChI is InChI=1S/C23H24N2O4/c1-2-23(27)29-19-5-3-4-18(15-19)25-9-8-22(26)20-14-17(6-7-21(20)25)16-24-10-12-28-13-11-24/h3-9,14-15H,2,10-13,16H2,1H3. The van der Waals surface area contributed by atoms with Crippen LogP contribution in [0.25, 0.3) is 16.6 Å². The molecule has 3 aromatic rings. The van der Waals surface area contributed by atoms with Crippen LogP contribution in [-0.4, -0.2) is 41.7 Å². The number of nitrogens with zero attached hydrogens (tertiary/aromatic N) is 2. The van der Waals surface area contributed by atoms with Crippen molar-refractivity contribution in [3.63, 3.8) is 0 Å². The molecule has 1 aromatic heterocycles. The number of benzene rings is 2. The molecule has 0 saturated carbocycles. The van der Waals surface area contributed by atoms with E-state index in [-0.39, 0.29) is 11.4 Å². The van der Waals surface area contributed by atoms with Crippen LogP contribution in [0.3, 0.4) is 0 Å². The smallest absolute Gasteiger partial charge is 0.310 e. The molecule has 1 aliphatic heterocycles. The summed E-state index contributed by atoms with van der Waals surface area (Å²) in [5.41, 5.74) is 2.76. The van der Waals surface area contributed by atoms with Crippen molar-refractivity contribution in [3.8, 4) is 11.4 Å². The second kappa shape index (κ2) is 8.59. The Bertz CT molecular complexity index is 1080. The van der Waals surface area contributed by atoms with Crippen molar-refractivity contribution in [3.05, 3.63) is 70.5 Å². The van der Waals surface area contributed by atoms with Gasteiger partial charge in [-0.15, -0.1) is 0 Å². The molecular weight excluding hydrogens is 368 g/mol. The monoisotopic (exact) mass is 392 g/mol. The highest BCUT2D eigenvalue weighted by Crippen LogP contribution is 2.22. The number of aromatic nitrogens is 1. The van der Waals surface area contributed by atoms with Gasteiger partial charge in [-0.2, -0.15) is 0 Å². The summed E-state index contributed by atoms with van der Waals surface area (Å²) in [4.78, 5) is 26.5. The van der Waals surface area contributed by atoms with E-state index >= 15 is 0 Å². The number of carbonyl (C=O) groups excluding carboxylic acids is 1. The largest absolute Gasteiger partial charge is 0.426 e. The van der Waals surface area contributed by atoms with E-state index in [4.69, 9.17) is 9.47 Å². The molecule has 4 rings (SSSR count). The van der Waals surface area contributed by atoms with Crippen LogP contribution in [0.15, 0.2) is 59.5 Å². The Morgan fingerprint density at radius 2 is 1.93 bits per heavy atom. The van der Waals surface area contributed by atoms with E-state index < -0.39 is 0 Å². The molecule has 6 heteroatoms. The Hall–Kier alpha value is -2.96. The number of fused-ring (bicyclic) bond motifs is 1. The number of hydrogen-bond donors (Lipinski definition) is 0. The molecule has 0 bridgehead atoms. The normalized spacial score (nSPS) is 14.8. The van der Waals surface area contributed by atoms with Gasteiger partial charge in [0, 0.05) is 55.5 Å². The minimum Gasteiger partial charge on any atom is -0.426 e. The fourth-order valence-corrected chi connectivity index (χ4v) is 3.54. The van der Waals surface area contributed by atoms with E-state index in [2.05, 4.69) is 11.0 Å². The van der Waals surface area contributed by atoms with Gasteiger partial charge in [0.15, 0.2) is 5.43 Å². The Labute approximate surface area is 169 Å². The third-order valence-corrected chi connectivity index (χ3v) is 5.09. The van der Waals surface area contributed by atoms with Gasteiger partial charge in [-0.3, -0.25) is 14.5 Å². The highest BCUT2D eigenvalue weighted by Gasteiger charge is 2.12. The molecule has 6 nitrogen and oxygen atoms in total. The summed E-state index contributed by atoms with van der Waals surface area (Å²) in [6.07, 6.45) is 2.07. The second-order valence-corrected chi connectivity index (χ2v) is 7.11. The Kier molecular flexibility index (Phi) is 5.74. The zero-order valence-corrected chi connectivity index (χ0v) is 16.5. The molecule has 2 heterocycles. The summed E-state index contributed by atoms with van der Waals surface area (Å²) < 4.78 is 12.7. The Morgan fingerprint density at radius 1 is 1.10 bits per heavy atom. The molecule has 29 heavy (non-hydrogen) atoms. The highest BCUT2D eigenvalue weighted by molar-refractivity contribution is 5.81. The predicted molar refractivity (Wildman–Crippen MR) is 112 cm³/mol. The van der Waals surface area contributed by atoms with E-state index in [9.17, 15) is 9.59 Å². The van der Waals surface area contributed by atoms with Gasteiger partial charge in [-0.25, -0.2) is 0 Å². The summed E-state index contributed by atoms with van der Waals surface area (Å²) >= 11 is 0. The minimum absolute atomic E-state index is 0.00589. The number of carbonyl (C=O) groups is 1. The van der Waals surface area contributed by atoms with Crippen LogP contribution in [0.1, 0.15) is 18.9 Å². The number of pyridine rings is 1. The summed E-state index contributed by atoms with van der Waals surface area (Å²) in [5.74, 6) is 0.213. The van der Waals surface area contributed by atoms with Crippen LogP contribution in [0.5, 0.6) is 5.75 Å². The van der Waals surface area contributed by atoms with Crippen LogP contribution < -0.4 is 10.2 Å². The van der Waals surface area contributed by atoms with Gasteiger partial charge < -0.3 is 14.0 Å². The van der Waals surface area contributed by atoms with Crippen molar-refractivity contribution >= 4 is 16.9 Å². The lowest BCUT2D eigenvalue weighted by molar-refractivity contribution is -0.134. The van der Waals surface area contributed by atoms with Crippen LogP contribution in [0, 0.1) is 0 Å². The average Bonchev–Trinajstić information content (AvgIpc) is 2.75. The molecule has 0 amide bonds. The maximum Gasteiger partial charge on any atom is 0.310 e. The van der Waals surface area contributed by atoms with Gasteiger partial charge in [-0.05, 0) is 29.8 Å². The molecule has 0 spiro atoms. The molecule has 1 aliphatic rings. The fourth-order valence-electron chi connectivity index (χ4n) is 3.54. The van der Waals surface area contributed by atoms with Gasteiger partial charge in [0.05, 0.1) is 18.7 Å². The van der Waals surface area contributed by atoms with E-state index in [0.29, 0.717) is 17.6 Å². The van der Waals surface area contributed by atoms with E-state index in [0.717, 1.165) is 49.6 Å². The highest BCUT2D eigenvalue weighted by atomic mass is 16.5.